The molecule has 3 aromatic carbocycles. The molecule has 35 heavy (non-hydrogen) atoms. The lowest BCUT2D eigenvalue weighted by atomic mass is 10.0. The van der Waals surface area contributed by atoms with Crippen LogP contribution in [0.2, 0.25) is 0 Å². The zero-order valence-corrected chi connectivity index (χ0v) is 20.0. The predicted octanol–water partition coefficient (Wildman–Crippen LogP) is 4.54. The Balaban J connectivity index is 1.30. The van der Waals surface area contributed by atoms with Gasteiger partial charge in [-0.05, 0) is 46.9 Å². The first-order valence-electron chi connectivity index (χ1n) is 12.4. The Morgan fingerprint density at radius 1 is 1.06 bits per heavy atom. The maximum absolute atomic E-state index is 13.1. The van der Waals surface area contributed by atoms with Crippen molar-refractivity contribution in [1.29, 1.82) is 0 Å². The molecule has 1 saturated carbocycles. The van der Waals surface area contributed by atoms with Gasteiger partial charge < -0.3 is 10.1 Å². The summed E-state index contributed by atoms with van der Waals surface area (Å²) >= 11 is 0. The number of aromatic nitrogens is 2. The molecule has 0 radical (unpaired) electrons. The second kappa shape index (κ2) is 9.19. The minimum Gasteiger partial charge on any atom is -0.497 e. The molecule has 6 nitrogen and oxygen atoms in total. The zero-order chi connectivity index (χ0) is 23.8. The topological polar surface area (TPSA) is 59.4 Å². The average Bonchev–Trinajstić information content (AvgIpc) is 3.64. The molecule has 0 spiro atoms. The number of carbonyl (C=O) groups excluding carboxylic acids is 1. The quantitative estimate of drug-likeness (QED) is 0.434. The van der Waals surface area contributed by atoms with Gasteiger partial charge in [-0.1, -0.05) is 54.6 Å². The molecule has 0 saturated heterocycles. The van der Waals surface area contributed by atoms with E-state index in [1.165, 1.54) is 22.0 Å². The van der Waals surface area contributed by atoms with Crippen LogP contribution in [0.3, 0.4) is 0 Å². The highest BCUT2D eigenvalue weighted by Crippen LogP contribution is 2.28. The summed E-state index contributed by atoms with van der Waals surface area (Å²) in [7, 11) is 1.68. The Morgan fingerprint density at radius 2 is 1.89 bits per heavy atom. The van der Waals surface area contributed by atoms with Crippen molar-refractivity contribution in [3.63, 3.8) is 0 Å². The van der Waals surface area contributed by atoms with Crippen molar-refractivity contribution >= 4 is 16.7 Å². The molecule has 2 heterocycles. The minimum atomic E-state index is -0.0415. The van der Waals surface area contributed by atoms with Gasteiger partial charge in [0.25, 0.3) is 5.91 Å². The van der Waals surface area contributed by atoms with Gasteiger partial charge in [0.2, 0.25) is 0 Å². The molecular formula is C29H30N4O2. The van der Waals surface area contributed by atoms with Crippen LogP contribution in [0.1, 0.15) is 45.7 Å². The van der Waals surface area contributed by atoms with Crippen LogP contribution in [0.15, 0.2) is 66.7 Å². The number of carbonyl (C=O) groups is 1. The number of hydrogen-bond donors (Lipinski definition) is 1. The van der Waals surface area contributed by atoms with E-state index in [1.807, 2.05) is 22.9 Å². The van der Waals surface area contributed by atoms with E-state index in [2.05, 4.69) is 58.7 Å². The lowest BCUT2D eigenvalue weighted by Gasteiger charge is -2.28. The third kappa shape index (κ3) is 4.54. The molecular weight excluding hydrogens is 436 g/mol. The highest BCUT2D eigenvalue weighted by molar-refractivity contribution is 5.94. The third-order valence-corrected chi connectivity index (χ3v) is 7.08. The van der Waals surface area contributed by atoms with E-state index in [4.69, 9.17) is 9.84 Å². The molecule has 1 N–H and O–H groups in total. The molecule has 1 aliphatic heterocycles. The largest absolute Gasteiger partial charge is 0.497 e. The van der Waals surface area contributed by atoms with Gasteiger partial charge in [0.05, 0.1) is 13.7 Å². The molecule has 1 fully saturated rings. The van der Waals surface area contributed by atoms with E-state index in [1.54, 1.807) is 7.11 Å². The van der Waals surface area contributed by atoms with E-state index >= 15 is 0 Å². The van der Waals surface area contributed by atoms with Crippen LogP contribution in [0.25, 0.3) is 10.8 Å². The molecule has 0 bridgehead atoms. The fraction of sp³-hybridized carbons (Fsp3) is 0.310. The van der Waals surface area contributed by atoms with Crippen molar-refractivity contribution < 1.29 is 9.53 Å². The van der Waals surface area contributed by atoms with E-state index < -0.39 is 0 Å². The predicted molar refractivity (Wildman–Crippen MR) is 137 cm³/mol. The number of rotatable bonds is 7. The third-order valence-electron chi connectivity index (χ3n) is 7.08. The maximum atomic E-state index is 13.1. The highest BCUT2D eigenvalue weighted by atomic mass is 16.5. The van der Waals surface area contributed by atoms with E-state index in [-0.39, 0.29) is 5.91 Å². The Morgan fingerprint density at radius 3 is 2.74 bits per heavy atom. The van der Waals surface area contributed by atoms with Crippen LogP contribution < -0.4 is 10.1 Å². The summed E-state index contributed by atoms with van der Waals surface area (Å²) < 4.78 is 7.43. The number of benzene rings is 3. The molecule has 2 aliphatic rings. The molecule has 0 atom stereocenters. The van der Waals surface area contributed by atoms with Crippen molar-refractivity contribution in [2.24, 2.45) is 0 Å². The first-order valence-corrected chi connectivity index (χ1v) is 12.4. The van der Waals surface area contributed by atoms with Gasteiger partial charge in [-0.2, -0.15) is 5.10 Å². The summed E-state index contributed by atoms with van der Waals surface area (Å²) in [5.41, 5.74) is 5.25. The normalized spacial score (nSPS) is 15.7. The Kier molecular flexibility index (Phi) is 5.74. The second-order valence-corrected chi connectivity index (χ2v) is 9.63. The Hall–Kier alpha value is -3.64. The maximum Gasteiger partial charge on any atom is 0.272 e. The van der Waals surface area contributed by atoms with Crippen molar-refractivity contribution in [2.75, 3.05) is 13.7 Å². The lowest BCUT2D eigenvalue weighted by molar-refractivity contribution is 0.0943. The van der Waals surface area contributed by atoms with Crippen molar-refractivity contribution in [3.8, 4) is 5.75 Å². The number of nitrogens with one attached hydrogen (secondary N) is 1. The first-order chi connectivity index (χ1) is 17.2. The van der Waals surface area contributed by atoms with Gasteiger partial charge in [0.1, 0.15) is 5.75 Å². The van der Waals surface area contributed by atoms with Gasteiger partial charge in [0.15, 0.2) is 5.69 Å². The molecule has 1 amide bonds. The highest BCUT2D eigenvalue weighted by Gasteiger charge is 2.31. The summed E-state index contributed by atoms with van der Waals surface area (Å²) in [6.45, 7) is 3.14. The Labute approximate surface area is 205 Å². The van der Waals surface area contributed by atoms with Crippen LogP contribution in [-0.2, 0) is 26.1 Å². The fourth-order valence-corrected chi connectivity index (χ4v) is 5.09. The van der Waals surface area contributed by atoms with Crippen molar-refractivity contribution in [1.82, 2.24) is 20.0 Å². The number of amides is 1. The molecule has 6 heteroatoms. The standard InChI is InChI=1S/C29H30N4O2/c1-35-24-10-4-6-20(16-24)17-33-27-14-15-32(18-22-9-5-8-21-7-2-3-11-25(21)22)19-26(27)28(31-33)29(34)30-23-12-13-23/h2-11,16,23H,12-15,17-19H2,1H3,(H,30,34). The van der Waals surface area contributed by atoms with Crippen molar-refractivity contribution in [2.45, 2.75) is 44.9 Å². The number of methoxy groups -OCH3 is 1. The molecule has 1 aliphatic carbocycles. The Bertz CT molecular complexity index is 1380. The van der Waals surface area contributed by atoms with Gasteiger partial charge in [-0.3, -0.25) is 14.4 Å². The van der Waals surface area contributed by atoms with Crippen LogP contribution in [0.4, 0.5) is 0 Å². The average molecular weight is 467 g/mol. The molecule has 4 aromatic rings. The summed E-state index contributed by atoms with van der Waals surface area (Å²) in [6.07, 6.45) is 2.99. The number of hydrogen-bond acceptors (Lipinski definition) is 4. The van der Waals surface area contributed by atoms with Gasteiger partial charge in [0, 0.05) is 43.4 Å². The van der Waals surface area contributed by atoms with Gasteiger partial charge in [-0.15, -0.1) is 0 Å². The molecule has 178 valence electrons. The molecule has 6 rings (SSSR count). The van der Waals surface area contributed by atoms with Crippen LogP contribution >= 0.6 is 0 Å². The fourth-order valence-electron chi connectivity index (χ4n) is 5.09. The number of ether oxygens (including phenoxy) is 1. The first kappa shape index (κ1) is 21.9. The number of nitrogens with zero attached hydrogens (tertiary/aromatic N) is 3. The van der Waals surface area contributed by atoms with E-state index in [9.17, 15) is 4.79 Å². The summed E-state index contributed by atoms with van der Waals surface area (Å²) in [6, 6.07) is 23.4. The summed E-state index contributed by atoms with van der Waals surface area (Å²) in [4.78, 5) is 15.6. The lowest BCUT2D eigenvalue weighted by Crippen LogP contribution is -2.33. The van der Waals surface area contributed by atoms with E-state index in [0.717, 1.165) is 55.8 Å². The number of fused-ring (bicyclic) bond motifs is 2. The SMILES string of the molecule is COc1cccc(Cn2nc(C(=O)NC3CC3)c3c2CCN(Cc2cccc4ccccc24)C3)c1. The monoisotopic (exact) mass is 466 g/mol. The molecule has 1 aromatic heterocycles. The van der Waals surface area contributed by atoms with Crippen molar-refractivity contribution in [3.05, 3.63) is 94.8 Å². The van der Waals surface area contributed by atoms with Gasteiger partial charge >= 0.3 is 0 Å². The smallest absolute Gasteiger partial charge is 0.272 e. The van der Waals surface area contributed by atoms with Gasteiger partial charge in [-0.25, -0.2) is 0 Å². The van der Waals surface area contributed by atoms with E-state index in [0.29, 0.717) is 18.3 Å². The zero-order valence-electron chi connectivity index (χ0n) is 20.0. The molecule has 0 unspecified atom stereocenters. The summed E-state index contributed by atoms with van der Waals surface area (Å²) in [5, 5.41) is 10.6. The van der Waals surface area contributed by atoms with Crippen LogP contribution in [0.5, 0.6) is 5.75 Å². The van der Waals surface area contributed by atoms with Crippen LogP contribution in [0, 0.1) is 0 Å². The minimum absolute atomic E-state index is 0.0415. The van der Waals surface area contributed by atoms with Crippen LogP contribution in [-0.4, -0.2) is 40.3 Å². The summed E-state index contributed by atoms with van der Waals surface area (Å²) in [5.74, 6) is 0.789. The second-order valence-electron chi connectivity index (χ2n) is 9.63.